The van der Waals surface area contributed by atoms with Gasteiger partial charge in [0.25, 0.3) is 0 Å². The molecule has 1 aliphatic heterocycles. The summed E-state index contributed by atoms with van der Waals surface area (Å²) in [6.07, 6.45) is 40.7. The second-order valence-electron chi connectivity index (χ2n) is 18.4. The molecule has 2 atom stereocenters. The molecule has 0 aromatic heterocycles. The van der Waals surface area contributed by atoms with Crippen LogP contribution in [0.1, 0.15) is 259 Å². The Kier molecular flexibility index (Phi) is 34.6. The number of ether oxygens (including phenoxy) is 4. The number of rotatable bonds is 42. The van der Waals surface area contributed by atoms with Gasteiger partial charge >= 0.3 is 11.9 Å². The normalized spacial score (nSPS) is 18.2. The Bertz CT molecular complexity index is 912. The lowest BCUT2D eigenvalue weighted by Crippen LogP contribution is -2.37. The second kappa shape index (κ2) is 36.7. The van der Waals surface area contributed by atoms with Gasteiger partial charge in [-0.1, -0.05) is 162 Å². The van der Waals surface area contributed by atoms with Crippen molar-refractivity contribution in [1.29, 1.82) is 0 Å². The van der Waals surface area contributed by atoms with Crippen LogP contribution in [0.3, 0.4) is 0 Å². The summed E-state index contributed by atoms with van der Waals surface area (Å²) in [6.45, 7) is 11.2. The Balaban J connectivity index is 2.39. The maximum absolute atomic E-state index is 12.9. The van der Waals surface area contributed by atoms with Gasteiger partial charge in [-0.2, -0.15) is 0 Å². The van der Waals surface area contributed by atoms with E-state index in [2.05, 4.69) is 46.7 Å². The van der Waals surface area contributed by atoms with Crippen molar-refractivity contribution in [1.82, 2.24) is 4.90 Å². The van der Waals surface area contributed by atoms with Gasteiger partial charge in [0.2, 0.25) is 0 Å². The second-order valence-corrected chi connectivity index (χ2v) is 18.4. The lowest BCUT2D eigenvalue weighted by atomic mass is 9.98. The van der Waals surface area contributed by atoms with Crippen LogP contribution in [-0.2, 0) is 28.5 Å². The SMILES string of the molecule is CCCCCCCCCCCOC(=O)CCCCCC1(CCCCCCCC(=O)OC(CCCCCCCC)CCCCCCCC)OCC(C)(CCN(C)C)O1. The molecule has 57 heavy (non-hydrogen) atoms. The van der Waals surface area contributed by atoms with Crippen molar-refractivity contribution in [2.75, 3.05) is 33.9 Å². The largest absolute Gasteiger partial charge is 0.466 e. The lowest BCUT2D eigenvalue weighted by Gasteiger charge is -2.32. The molecule has 1 heterocycles. The molecule has 338 valence electrons. The summed E-state index contributed by atoms with van der Waals surface area (Å²) < 4.78 is 25.0. The van der Waals surface area contributed by atoms with Crippen LogP contribution in [0.4, 0.5) is 0 Å². The summed E-state index contributed by atoms with van der Waals surface area (Å²) in [4.78, 5) is 27.5. The van der Waals surface area contributed by atoms with Crippen LogP contribution in [0.5, 0.6) is 0 Å². The van der Waals surface area contributed by atoms with Gasteiger partial charge in [-0.05, 0) is 85.2 Å². The molecule has 0 bridgehead atoms. The quantitative estimate of drug-likeness (QED) is 0.0449. The van der Waals surface area contributed by atoms with Gasteiger partial charge < -0.3 is 23.8 Å². The van der Waals surface area contributed by atoms with Gasteiger partial charge in [-0.15, -0.1) is 0 Å². The molecule has 0 radical (unpaired) electrons. The van der Waals surface area contributed by atoms with Crippen LogP contribution in [0.2, 0.25) is 0 Å². The number of hydrogen-bond acceptors (Lipinski definition) is 7. The first-order chi connectivity index (χ1) is 27.7. The van der Waals surface area contributed by atoms with Gasteiger partial charge in [0, 0.05) is 32.2 Å². The van der Waals surface area contributed by atoms with E-state index in [4.69, 9.17) is 18.9 Å². The molecule has 0 saturated carbocycles. The summed E-state index contributed by atoms with van der Waals surface area (Å²) in [6, 6.07) is 0. The third-order valence-electron chi connectivity index (χ3n) is 12.1. The summed E-state index contributed by atoms with van der Waals surface area (Å²) in [7, 11) is 4.22. The fourth-order valence-corrected chi connectivity index (χ4v) is 8.26. The zero-order chi connectivity index (χ0) is 41.7. The zero-order valence-electron chi connectivity index (χ0n) is 39.1. The van der Waals surface area contributed by atoms with Gasteiger partial charge in [0.05, 0.1) is 18.8 Å². The van der Waals surface area contributed by atoms with Gasteiger partial charge in [-0.25, -0.2) is 0 Å². The highest BCUT2D eigenvalue weighted by Gasteiger charge is 2.46. The third-order valence-corrected chi connectivity index (χ3v) is 12.1. The minimum absolute atomic E-state index is 0.00718. The topological polar surface area (TPSA) is 74.3 Å². The molecule has 1 aliphatic rings. The molecule has 1 rings (SSSR count). The van der Waals surface area contributed by atoms with Crippen molar-refractivity contribution < 1.29 is 28.5 Å². The molecule has 7 nitrogen and oxygen atoms in total. The minimum atomic E-state index is -0.539. The van der Waals surface area contributed by atoms with Crippen LogP contribution in [0.25, 0.3) is 0 Å². The highest BCUT2D eigenvalue weighted by Crippen LogP contribution is 2.40. The predicted molar refractivity (Wildman–Crippen MR) is 241 cm³/mol. The Morgan fingerprint density at radius 3 is 1.47 bits per heavy atom. The van der Waals surface area contributed by atoms with Crippen molar-refractivity contribution in [3.05, 3.63) is 0 Å². The summed E-state index contributed by atoms with van der Waals surface area (Å²) in [5.41, 5.74) is -0.272. The Labute approximate surface area is 354 Å². The first kappa shape index (κ1) is 53.8. The van der Waals surface area contributed by atoms with E-state index in [1.165, 1.54) is 122 Å². The molecule has 7 heteroatoms. The van der Waals surface area contributed by atoms with Crippen LogP contribution < -0.4 is 0 Å². The summed E-state index contributed by atoms with van der Waals surface area (Å²) in [5, 5.41) is 0. The average Bonchev–Trinajstić information content (AvgIpc) is 3.53. The number of esters is 2. The summed E-state index contributed by atoms with van der Waals surface area (Å²) >= 11 is 0. The molecule has 1 saturated heterocycles. The van der Waals surface area contributed by atoms with E-state index in [1.807, 2.05) is 0 Å². The molecule has 0 spiro atoms. The third kappa shape index (κ3) is 31.4. The fraction of sp³-hybridized carbons (Fsp3) is 0.960. The van der Waals surface area contributed by atoms with E-state index < -0.39 is 5.79 Å². The molecular formula is C50H97NO6. The number of carbonyl (C=O) groups is 2. The number of nitrogens with zero attached hydrogens (tertiary/aromatic N) is 1. The first-order valence-corrected chi connectivity index (χ1v) is 25.0. The molecule has 0 aromatic rings. The maximum atomic E-state index is 12.9. The first-order valence-electron chi connectivity index (χ1n) is 25.0. The van der Waals surface area contributed by atoms with E-state index in [-0.39, 0.29) is 23.6 Å². The van der Waals surface area contributed by atoms with Crippen LogP contribution in [-0.4, -0.2) is 68.2 Å². The van der Waals surface area contributed by atoms with Crippen LogP contribution in [0.15, 0.2) is 0 Å². The number of unbranched alkanes of at least 4 members (excludes halogenated alkanes) is 24. The predicted octanol–water partition coefficient (Wildman–Crippen LogP) is 14.6. The van der Waals surface area contributed by atoms with E-state index in [0.29, 0.717) is 26.1 Å². The highest BCUT2D eigenvalue weighted by molar-refractivity contribution is 5.69. The smallest absolute Gasteiger partial charge is 0.306 e. The van der Waals surface area contributed by atoms with E-state index >= 15 is 0 Å². The van der Waals surface area contributed by atoms with E-state index in [9.17, 15) is 9.59 Å². The van der Waals surface area contributed by atoms with Crippen molar-refractivity contribution >= 4 is 11.9 Å². The van der Waals surface area contributed by atoms with Gasteiger partial charge in [0.15, 0.2) is 5.79 Å². The van der Waals surface area contributed by atoms with Crippen molar-refractivity contribution in [2.45, 2.75) is 276 Å². The zero-order valence-corrected chi connectivity index (χ0v) is 39.1. The summed E-state index contributed by atoms with van der Waals surface area (Å²) in [5.74, 6) is -0.585. The molecule has 0 N–H and O–H groups in total. The minimum Gasteiger partial charge on any atom is -0.466 e. The molecule has 1 fully saturated rings. The standard InChI is InChI=1S/C50H97NO6/c1-7-10-13-16-19-20-21-27-35-44-54-47(52)38-32-28-34-41-50(55-45-49(4,57-50)42-43-51(5)6)40-33-26-22-25-31-39-48(53)56-46(36-29-23-17-14-11-8-2)37-30-24-18-15-12-9-3/h46H,7-45H2,1-6H3. The Morgan fingerprint density at radius 2 is 0.965 bits per heavy atom. The van der Waals surface area contributed by atoms with Crippen LogP contribution in [0, 0.1) is 0 Å². The molecule has 0 aliphatic carbocycles. The lowest BCUT2D eigenvalue weighted by molar-refractivity contribution is -0.196. The molecular weight excluding hydrogens is 711 g/mol. The Hall–Kier alpha value is -1.18. The van der Waals surface area contributed by atoms with Gasteiger partial charge in [-0.3, -0.25) is 9.59 Å². The number of hydrogen-bond donors (Lipinski definition) is 0. The maximum Gasteiger partial charge on any atom is 0.306 e. The monoisotopic (exact) mass is 808 g/mol. The van der Waals surface area contributed by atoms with Crippen molar-refractivity contribution in [2.24, 2.45) is 0 Å². The average molecular weight is 808 g/mol. The molecule has 0 amide bonds. The van der Waals surface area contributed by atoms with Crippen LogP contribution >= 0.6 is 0 Å². The van der Waals surface area contributed by atoms with E-state index in [0.717, 1.165) is 103 Å². The van der Waals surface area contributed by atoms with Crippen molar-refractivity contribution in [3.63, 3.8) is 0 Å². The molecule has 2 unspecified atom stereocenters. The fourth-order valence-electron chi connectivity index (χ4n) is 8.26. The van der Waals surface area contributed by atoms with Crippen molar-refractivity contribution in [3.8, 4) is 0 Å². The molecule has 0 aromatic carbocycles. The number of carbonyl (C=O) groups excluding carboxylic acids is 2. The highest BCUT2D eigenvalue weighted by atomic mass is 16.8. The van der Waals surface area contributed by atoms with E-state index in [1.54, 1.807) is 0 Å². The Morgan fingerprint density at radius 1 is 0.544 bits per heavy atom. The van der Waals surface area contributed by atoms with Gasteiger partial charge in [0.1, 0.15) is 6.10 Å².